The lowest BCUT2D eigenvalue weighted by atomic mass is 10.1. The van der Waals surface area contributed by atoms with Gasteiger partial charge in [-0.2, -0.15) is 0 Å². The molecular formula is C22H19NO. The number of furan rings is 1. The second-order valence-corrected chi connectivity index (χ2v) is 6.17. The molecule has 0 aliphatic heterocycles. The highest BCUT2D eigenvalue weighted by Gasteiger charge is 2.21. The Morgan fingerprint density at radius 1 is 1.00 bits per heavy atom. The van der Waals surface area contributed by atoms with E-state index in [1.165, 1.54) is 5.57 Å². The van der Waals surface area contributed by atoms with E-state index < -0.39 is 0 Å². The first kappa shape index (κ1) is 14.6. The molecule has 0 saturated carbocycles. The predicted molar refractivity (Wildman–Crippen MR) is 102 cm³/mol. The van der Waals surface area contributed by atoms with Crippen LogP contribution in [0.4, 0.5) is 0 Å². The van der Waals surface area contributed by atoms with Crippen molar-refractivity contribution in [1.29, 1.82) is 0 Å². The standard InChI is InChI=1S/C22H19NO/c1-4-17-19(14-15(2)3)23(16-10-6-5-7-11-16)22-21(17)18-12-8-9-13-20(18)24-22/h4-14H,1H2,2-3H3. The summed E-state index contributed by atoms with van der Waals surface area (Å²) in [5, 5.41) is 2.25. The van der Waals surface area contributed by atoms with Crippen LogP contribution in [0.5, 0.6) is 0 Å². The fourth-order valence-corrected chi connectivity index (χ4v) is 3.26. The van der Waals surface area contributed by atoms with E-state index in [1.54, 1.807) is 0 Å². The van der Waals surface area contributed by atoms with Crippen LogP contribution in [0.3, 0.4) is 0 Å². The van der Waals surface area contributed by atoms with Crippen molar-refractivity contribution in [1.82, 2.24) is 4.57 Å². The molecular weight excluding hydrogens is 294 g/mol. The van der Waals surface area contributed by atoms with E-state index in [0.717, 1.165) is 39.0 Å². The first-order valence-electron chi connectivity index (χ1n) is 8.09. The van der Waals surface area contributed by atoms with Crippen molar-refractivity contribution in [3.63, 3.8) is 0 Å². The van der Waals surface area contributed by atoms with E-state index in [0.29, 0.717) is 0 Å². The monoisotopic (exact) mass is 313 g/mol. The van der Waals surface area contributed by atoms with Gasteiger partial charge in [-0.25, -0.2) is 0 Å². The smallest absolute Gasteiger partial charge is 0.213 e. The summed E-state index contributed by atoms with van der Waals surface area (Å²) in [7, 11) is 0. The third-order valence-electron chi connectivity index (χ3n) is 4.21. The van der Waals surface area contributed by atoms with Gasteiger partial charge in [-0.05, 0) is 38.1 Å². The van der Waals surface area contributed by atoms with Crippen LogP contribution < -0.4 is 0 Å². The number of hydrogen-bond acceptors (Lipinski definition) is 1. The Hall–Kier alpha value is -3.00. The summed E-state index contributed by atoms with van der Waals surface area (Å²) < 4.78 is 8.41. The molecule has 0 fully saturated rings. The van der Waals surface area contributed by atoms with Crippen molar-refractivity contribution in [2.45, 2.75) is 13.8 Å². The molecule has 4 rings (SSSR count). The minimum atomic E-state index is 0.866. The van der Waals surface area contributed by atoms with Crippen LogP contribution in [0.2, 0.25) is 0 Å². The van der Waals surface area contributed by atoms with Gasteiger partial charge in [-0.15, -0.1) is 0 Å². The Morgan fingerprint density at radius 2 is 1.71 bits per heavy atom. The van der Waals surface area contributed by atoms with Gasteiger partial charge in [0.25, 0.3) is 0 Å². The summed E-state index contributed by atoms with van der Waals surface area (Å²) in [6.45, 7) is 8.27. The van der Waals surface area contributed by atoms with E-state index in [2.05, 4.69) is 49.3 Å². The molecule has 0 spiro atoms. The third kappa shape index (κ3) is 2.11. The summed E-state index contributed by atoms with van der Waals surface area (Å²) in [5.41, 5.74) is 6.31. The number of hydrogen-bond donors (Lipinski definition) is 0. The second-order valence-electron chi connectivity index (χ2n) is 6.17. The average Bonchev–Trinajstić information content (AvgIpc) is 3.09. The third-order valence-corrected chi connectivity index (χ3v) is 4.21. The van der Waals surface area contributed by atoms with Gasteiger partial charge in [0.1, 0.15) is 5.58 Å². The normalized spacial score (nSPS) is 11.1. The van der Waals surface area contributed by atoms with Gasteiger partial charge in [0.05, 0.1) is 11.1 Å². The van der Waals surface area contributed by atoms with Crippen molar-refractivity contribution in [3.8, 4) is 5.69 Å². The van der Waals surface area contributed by atoms with E-state index in [1.807, 2.05) is 42.5 Å². The van der Waals surface area contributed by atoms with Crippen LogP contribution in [0.15, 0.2) is 71.2 Å². The molecule has 0 atom stereocenters. The van der Waals surface area contributed by atoms with E-state index in [4.69, 9.17) is 4.42 Å². The molecule has 0 amide bonds. The topological polar surface area (TPSA) is 18.1 Å². The molecule has 24 heavy (non-hydrogen) atoms. The highest BCUT2D eigenvalue weighted by atomic mass is 16.3. The molecule has 2 heteroatoms. The van der Waals surface area contributed by atoms with Crippen LogP contribution in [0.1, 0.15) is 25.1 Å². The molecule has 4 aromatic rings. The molecule has 2 aromatic carbocycles. The van der Waals surface area contributed by atoms with E-state index in [-0.39, 0.29) is 0 Å². The maximum absolute atomic E-state index is 6.23. The second kappa shape index (κ2) is 5.57. The highest BCUT2D eigenvalue weighted by molar-refractivity contribution is 6.10. The lowest BCUT2D eigenvalue weighted by molar-refractivity contribution is 0.642. The Balaban J connectivity index is 2.22. The Morgan fingerprint density at radius 3 is 2.42 bits per heavy atom. The zero-order valence-corrected chi connectivity index (χ0v) is 13.9. The van der Waals surface area contributed by atoms with Crippen LogP contribution in [0.25, 0.3) is 39.9 Å². The van der Waals surface area contributed by atoms with Crippen LogP contribution in [-0.4, -0.2) is 4.57 Å². The van der Waals surface area contributed by atoms with Crippen molar-refractivity contribution in [2.24, 2.45) is 0 Å². The maximum Gasteiger partial charge on any atom is 0.213 e. The molecule has 0 radical (unpaired) electrons. The van der Waals surface area contributed by atoms with Crippen LogP contribution in [-0.2, 0) is 0 Å². The highest BCUT2D eigenvalue weighted by Crippen LogP contribution is 2.38. The molecule has 2 aromatic heterocycles. The van der Waals surface area contributed by atoms with Gasteiger partial charge >= 0.3 is 0 Å². The quantitative estimate of drug-likeness (QED) is 0.425. The van der Waals surface area contributed by atoms with Crippen molar-refractivity contribution < 1.29 is 4.42 Å². The Kier molecular flexibility index (Phi) is 3.39. The lowest BCUT2D eigenvalue weighted by Crippen LogP contribution is -1.96. The molecule has 0 bridgehead atoms. The lowest BCUT2D eigenvalue weighted by Gasteiger charge is -2.08. The minimum absolute atomic E-state index is 0.866. The molecule has 118 valence electrons. The molecule has 0 aliphatic carbocycles. The first-order valence-corrected chi connectivity index (χ1v) is 8.09. The van der Waals surface area contributed by atoms with Gasteiger partial charge in [0.2, 0.25) is 5.71 Å². The maximum atomic E-state index is 6.23. The summed E-state index contributed by atoms with van der Waals surface area (Å²) in [6, 6.07) is 18.5. The number of rotatable bonds is 3. The fourth-order valence-electron chi connectivity index (χ4n) is 3.26. The van der Waals surface area contributed by atoms with Crippen molar-refractivity contribution >= 4 is 34.2 Å². The first-order chi connectivity index (χ1) is 11.7. The van der Waals surface area contributed by atoms with Gasteiger partial charge in [0.15, 0.2) is 0 Å². The van der Waals surface area contributed by atoms with E-state index in [9.17, 15) is 0 Å². The summed E-state index contributed by atoms with van der Waals surface area (Å²) in [6.07, 6.45) is 4.12. The van der Waals surface area contributed by atoms with Gasteiger partial charge in [-0.3, -0.25) is 4.57 Å². The zero-order valence-electron chi connectivity index (χ0n) is 13.9. The van der Waals surface area contributed by atoms with Crippen LogP contribution in [0, 0.1) is 0 Å². The minimum Gasteiger partial charge on any atom is -0.439 e. The average molecular weight is 313 g/mol. The Labute approximate surface area is 141 Å². The number of para-hydroxylation sites is 2. The molecule has 2 heterocycles. The van der Waals surface area contributed by atoms with Gasteiger partial charge in [0, 0.05) is 16.6 Å². The number of allylic oxidation sites excluding steroid dienone is 1. The van der Waals surface area contributed by atoms with Crippen molar-refractivity contribution in [2.75, 3.05) is 0 Å². The molecule has 2 nitrogen and oxygen atoms in total. The SMILES string of the molecule is C=Cc1c(C=C(C)C)n(-c2ccccc2)c2oc3ccccc3c12. The number of aromatic nitrogens is 1. The Bertz CT molecular complexity index is 1070. The molecule has 0 saturated heterocycles. The largest absolute Gasteiger partial charge is 0.439 e. The van der Waals surface area contributed by atoms with Crippen molar-refractivity contribution in [3.05, 3.63) is 78.0 Å². The van der Waals surface area contributed by atoms with Gasteiger partial charge in [-0.1, -0.05) is 54.6 Å². The van der Waals surface area contributed by atoms with Gasteiger partial charge < -0.3 is 4.42 Å². The van der Waals surface area contributed by atoms with E-state index >= 15 is 0 Å². The van der Waals surface area contributed by atoms with Crippen LogP contribution >= 0.6 is 0 Å². The predicted octanol–water partition coefficient (Wildman–Crippen LogP) is 6.44. The fraction of sp³-hybridized carbons (Fsp3) is 0.0909. The number of fused-ring (bicyclic) bond motifs is 3. The number of benzene rings is 2. The molecule has 0 N–H and O–H groups in total. The molecule has 0 aliphatic rings. The summed E-state index contributed by atoms with van der Waals surface area (Å²) >= 11 is 0. The summed E-state index contributed by atoms with van der Waals surface area (Å²) in [4.78, 5) is 0. The molecule has 0 unspecified atom stereocenters. The summed E-state index contributed by atoms with van der Waals surface area (Å²) in [5.74, 6) is 0. The zero-order chi connectivity index (χ0) is 16.7. The number of nitrogens with zero attached hydrogens (tertiary/aromatic N) is 1.